The van der Waals surface area contributed by atoms with E-state index in [4.69, 9.17) is 9.47 Å². The number of nitrogens with one attached hydrogen (secondary N) is 1. The maximum Gasteiger partial charge on any atom is 0.407 e. The molecule has 114 valence electrons. The van der Waals surface area contributed by atoms with Gasteiger partial charge < -0.3 is 19.5 Å². The number of carbonyl (C=O) groups excluding carboxylic acids is 2. The Bertz CT molecular complexity index is 355. The molecule has 0 unspecified atom stereocenters. The van der Waals surface area contributed by atoms with E-state index in [1.165, 1.54) is 20.0 Å². The SMILES string of the molecule is CCOC(=O)[C@H](NC(=O)OC)[C@@H]1CCO[C@@H](C2CC2)C1. The Morgan fingerprint density at radius 2 is 2.10 bits per heavy atom. The average molecular weight is 285 g/mol. The molecule has 1 heterocycles. The first-order chi connectivity index (χ1) is 9.65. The average Bonchev–Trinajstić information content (AvgIpc) is 3.29. The van der Waals surface area contributed by atoms with E-state index in [1.54, 1.807) is 6.92 Å². The molecule has 6 nitrogen and oxygen atoms in total. The van der Waals surface area contributed by atoms with Crippen molar-refractivity contribution in [2.45, 2.75) is 44.8 Å². The number of alkyl carbamates (subject to hydrolysis) is 1. The van der Waals surface area contributed by atoms with Gasteiger partial charge in [-0.2, -0.15) is 0 Å². The first-order valence-electron chi connectivity index (χ1n) is 7.28. The molecule has 2 aliphatic rings. The van der Waals surface area contributed by atoms with Gasteiger partial charge in [0.05, 0.1) is 19.8 Å². The fourth-order valence-corrected chi connectivity index (χ4v) is 2.74. The third kappa shape index (κ3) is 3.85. The van der Waals surface area contributed by atoms with Crippen LogP contribution in [0.5, 0.6) is 0 Å². The smallest absolute Gasteiger partial charge is 0.407 e. The van der Waals surface area contributed by atoms with E-state index in [1.807, 2.05) is 0 Å². The predicted molar refractivity (Wildman–Crippen MR) is 71.1 cm³/mol. The minimum absolute atomic E-state index is 0.0486. The van der Waals surface area contributed by atoms with Crippen molar-refractivity contribution >= 4 is 12.1 Å². The summed E-state index contributed by atoms with van der Waals surface area (Å²) in [5.74, 6) is 0.283. The summed E-state index contributed by atoms with van der Waals surface area (Å²) in [6, 6.07) is -0.646. The largest absolute Gasteiger partial charge is 0.464 e. The van der Waals surface area contributed by atoms with E-state index >= 15 is 0 Å². The van der Waals surface area contributed by atoms with Gasteiger partial charge in [0, 0.05) is 6.61 Å². The van der Waals surface area contributed by atoms with Gasteiger partial charge in [0.1, 0.15) is 6.04 Å². The van der Waals surface area contributed by atoms with Gasteiger partial charge >= 0.3 is 12.1 Å². The Labute approximate surface area is 119 Å². The Morgan fingerprint density at radius 3 is 2.70 bits per heavy atom. The Hall–Kier alpha value is -1.30. The van der Waals surface area contributed by atoms with Crippen molar-refractivity contribution < 1.29 is 23.8 Å². The van der Waals surface area contributed by atoms with Crippen LogP contribution in [-0.2, 0) is 19.0 Å². The fraction of sp³-hybridized carbons (Fsp3) is 0.857. The van der Waals surface area contributed by atoms with E-state index in [9.17, 15) is 9.59 Å². The molecule has 0 aromatic carbocycles. The molecule has 0 aromatic heterocycles. The van der Waals surface area contributed by atoms with Crippen LogP contribution in [0.3, 0.4) is 0 Å². The second-order valence-electron chi connectivity index (χ2n) is 5.40. The lowest BCUT2D eigenvalue weighted by Gasteiger charge is -2.33. The number of ether oxygens (including phenoxy) is 3. The van der Waals surface area contributed by atoms with Crippen LogP contribution in [-0.4, -0.2) is 44.5 Å². The molecule has 0 radical (unpaired) electrons. The molecule has 1 saturated carbocycles. The summed E-state index contributed by atoms with van der Waals surface area (Å²) in [7, 11) is 1.29. The van der Waals surface area contributed by atoms with Crippen LogP contribution in [0.25, 0.3) is 0 Å². The van der Waals surface area contributed by atoms with E-state index in [2.05, 4.69) is 10.1 Å². The number of rotatable bonds is 5. The number of amides is 1. The summed E-state index contributed by atoms with van der Waals surface area (Å²) in [5.41, 5.74) is 0. The van der Waals surface area contributed by atoms with Crippen molar-refractivity contribution in [3.8, 4) is 0 Å². The van der Waals surface area contributed by atoms with Crippen LogP contribution in [0.2, 0.25) is 0 Å². The number of methoxy groups -OCH3 is 1. The lowest BCUT2D eigenvalue weighted by molar-refractivity contribution is -0.148. The van der Waals surface area contributed by atoms with Crippen molar-refractivity contribution in [3.05, 3.63) is 0 Å². The van der Waals surface area contributed by atoms with Crippen LogP contribution in [0, 0.1) is 11.8 Å². The van der Waals surface area contributed by atoms with Crippen molar-refractivity contribution in [1.82, 2.24) is 5.32 Å². The van der Waals surface area contributed by atoms with Gasteiger partial charge in [0.2, 0.25) is 0 Å². The van der Waals surface area contributed by atoms with Crippen molar-refractivity contribution in [2.75, 3.05) is 20.3 Å². The van der Waals surface area contributed by atoms with Gasteiger partial charge in [-0.1, -0.05) is 0 Å². The minimum atomic E-state index is -0.646. The highest BCUT2D eigenvalue weighted by atomic mass is 16.5. The van der Waals surface area contributed by atoms with Crippen LogP contribution in [0.1, 0.15) is 32.6 Å². The zero-order valence-corrected chi connectivity index (χ0v) is 12.1. The molecule has 1 saturated heterocycles. The molecule has 1 amide bonds. The van der Waals surface area contributed by atoms with E-state index in [0.29, 0.717) is 19.1 Å². The van der Waals surface area contributed by atoms with E-state index < -0.39 is 12.1 Å². The molecule has 0 bridgehead atoms. The molecule has 0 aromatic rings. The topological polar surface area (TPSA) is 73.9 Å². The zero-order chi connectivity index (χ0) is 14.5. The summed E-state index contributed by atoms with van der Waals surface area (Å²) in [4.78, 5) is 23.5. The van der Waals surface area contributed by atoms with Crippen molar-refractivity contribution in [3.63, 3.8) is 0 Å². The summed E-state index contributed by atoms with van der Waals surface area (Å²) >= 11 is 0. The highest BCUT2D eigenvalue weighted by Crippen LogP contribution is 2.40. The maximum atomic E-state index is 12.1. The van der Waals surface area contributed by atoms with Gasteiger partial charge in [-0.05, 0) is 44.4 Å². The Balaban J connectivity index is 1.99. The molecule has 2 rings (SSSR count). The van der Waals surface area contributed by atoms with Gasteiger partial charge in [-0.3, -0.25) is 0 Å². The van der Waals surface area contributed by atoms with Crippen LogP contribution in [0.15, 0.2) is 0 Å². The summed E-state index contributed by atoms with van der Waals surface area (Å²) in [6.45, 7) is 2.68. The highest BCUT2D eigenvalue weighted by molar-refractivity contribution is 5.81. The minimum Gasteiger partial charge on any atom is -0.464 e. The van der Waals surface area contributed by atoms with E-state index in [-0.39, 0.29) is 18.0 Å². The number of esters is 1. The lowest BCUT2D eigenvalue weighted by Crippen LogP contribution is -2.49. The first kappa shape index (κ1) is 15.1. The summed E-state index contributed by atoms with van der Waals surface area (Å²) in [6.07, 6.45) is 3.55. The second-order valence-corrected chi connectivity index (χ2v) is 5.40. The van der Waals surface area contributed by atoms with Crippen molar-refractivity contribution in [2.24, 2.45) is 11.8 Å². The third-order valence-corrected chi connectivity index (χ3v) is 3.97. The van der Waals surface area contributed by atoms with Crippen LogP contribution >= 0.6 is 0 Å². The predicted octanol–water partition coefficient (Wildman–Crippen LogP) is 1.48. The van der Waals surface area contributed by atoms with Gasteiger partial charge in [0.15, 0.2) is 0 Å². The second kappa shape index (κ2) is 6.92. The van der Waals surface area contributed by atoms with E-state index in [0.717, 1.165) is 12.8 Å². The molecule has 1 aliphatic heterocycles. The highest BCUT2D eigenvalue weighted by Gasteiger charge is 2.40. The lowest BCUT2D eigenvalue weighted by atomic mass is 9.87. The first-order valence-corrected chi connectivity index (χ1v) is 7.28. The molecular formula is C14H23NO5. The standard InChI is InChI=1S/C14H23NO5/c1-3-19-13(16)12(15-14(17)18-2)10-6-7-20-11(8-10)9-4-5-9/h9-12H,3-8H2,1-2H3,(H,15,17)/t10-,11-,12-/m1/s1. The Morgan fingerprint density at radius 1 is 1.35 bits per heavy atom. The number of hydrogen-bond acceptors (Lipinski definition) is 5. The third-order valence-electron chi connectivity index (χ3n) is 3.97. The normalized spacial score (nSPS) is 27.5. The summed E-state index contributed by atoms with van der Waals surface area (Å²) in [5, 5.41) is 2.61. The molecule has 3 atom stereocenters. The molecular weight excluding hydrogens is 262 g/mol. The van der Waals surface area contributed by atoms with Gasteiger partial charge in [-0.25, -0.2) is 9.59 Å². The molecule has 1 aliphatic carbocycles. The number of carbonyl (C=O) groups is 2. The number of hydrogen-bond donors (Lipinski definition) is 1. The molecule has 20 heavy (non-hydrogen) atoms. The molecule has 0 spiro atoms. The van der Waals surface area contributed by atoms with Crippen LogP contribution in [0.4, 0.5) is 4.79 Å². The monoisotopic (exact) mass is 285 g/mol. The maximum absolute atomic E-state index is 12.1. The van der Waals surface area contributed by atoms with Gasteiger partial charge in [0.25, 0.3) is 0 Å². The molecule has 2 fully saturated rings. The Kier molecular flexibility index (Phi) is 5.23. The summed E-state index contributed by atoms with van der Waals surface area (Å²) < 4.78 is 15.4. The van der Waals surface area contributed by atoms with Crippen molar-refractivity contribution in [1.29, 1.82) is 0 Å². The molecule has 1 N–H and O–H groups in total. The quantitative estimate of drug-likeness (QED) is 0.774. The zero-order valence-electron chi connectivity index (χ0n) is 12.1. The van der Waals surface area contributed by atoms with Crippen LogP contribution < -0.4 is 5.32 Å². The fourth-order valence-electron chi connectivity index (χ4n) is 2.74. The molecule has 6 heteroatoms. The van der Waals surface area contributed by atoms with Gasteiger partial charge in [-0.15, -0.1) is 0 Å².